The number of rotatable bonds is 5. The molecule has 1 unspecified atom stereocenters. The number of aromatic nitrogens is 1. The molecule has 0 amide bonds. The van der Waals surface area contributed by atoms with E-state index in [1.54, 1.807) is 30.3 Å². The van der Waals surface area contributed by atoms with Crippen LogP contribution in [0.25, 0.3) is 21.0 Å². The van der Waals surface area contributed by atoms with Gasteiger partial charge in [-0.25, -0.2) is 8.78 Å². The van der Waals surface area contributed by atoms with Gasteiger partial charge in [-0.3, -0.25) is 9.00 Å². The molecule has 0 aliphatic heterocycles. The van der Waals surface area contributed by atoms with Gasteiger partial charge in [0.15, 0.2) is 0 Å². The minimum Gasteiger partial charge on any atom is -0.302 e. The summed E-state index contributed by atoms with van der Waals surface area (Å²) in [5.41, 5.74) is -3.42. The van der Waals surface area contributed by atoms with Crippen molar-refractivity contribution in [2.24, 2.45) is 0 Å². The van der Waals surface area contributed by atoms with E-state index < -0.39 is 51.8 Å². The maximum atomic E-state index is 14.4. The van der Waals surface area contributed by atoms with E-state index in [4.69, 9.17) is 0 Å². The van der Waals surface area contributed by atoms with Crippen LogP contribution >= 0.6 is 11.3 Å². The Bertz CT molecular complexity index is 1600. The van der Waals surface area contributed by atoms with Gasteiger partial charge >= 0.3 is 6.18 Å². The number of benzene rings is 2. The smallest absolute Gasteiger partial charge is 0.302 e. The molecule has 0 N–H and O–H groups in total. The highest BCUT2D eigenvalue weighted by atomic mass is 32.2. The van der Waals surface area contributed by atoms with Crippen molar-refractivity contribution >= 4 is 22.1 Å². The van der Waals surface area contributed by atoms with Gasteiger partial charge in [0, 0.05) is 38.5 Å². The molecule has 4 nitrogen and oxygen atoms in total. The zero-order valence-electron chi connectivity index (χ0n) is 18.4. The first kappa shape index (κ1) is 25.5. The largest absolute Gasteiger partial charge is 0.417 e. The van der Waals surface area contributed by atoms with E-state index >= 15 is 0 Å². The number of alkyl halides is 3. The van der Waals surface area contributed by atoms with E-state index in [0.717, 1.165) is 28.0 Å². The van der Waals surface area contributed by atoms with Crippen molar-refractivity contribution in [3.63, 3.8) is 0 Å². The Balaban J connectivity index is 1.93. The number of hydrogen-bond acceptors (Lipinski definition) is 4. The summed E-state index contributed by atoms with van der Waals surface area (Å²) < 4.78 is 81.7. The van der Waals surface area contributed by atoms with Crippen LogP contribution in [0.4, 0.5) is 22.0 Å². The highest BCUT2D eigenvalue weighted by molar-refractivity contribution is 7.84. The Morgan fingerprint density at radius 1 is 1.03 bits per heavy atom. The van der Waals surface area contributed by atoms with Crippen molar-refractivity contribution in [3.8, 4) is 27.1 Å². The zero-order valence-corrected chi connectivity index (χ0v) is 20.0. The summed E-state index contributed by atoms with van der Waals surface area (Å²) in [4.78, 5) is 14.5. The summed E-state index contributed by atoms with van der Waals surface area (Å²) in [6, 6.07) is 14.6. The first-order valence-corrected chi connectivity index (χ1v) is 12.6. The van der Waals surface area contributed by atoms with Crippen LogP contribution in [-0.4, -0.2) is 15.0 Å². The number of thiophene rings is 1. The van der Waals surface area contributed by atoms with Crippen molar-refractivity contribution in [1.29, 1.82) is 5.26 Å². The molecule has 0 radical (unpaired) electrons. The minimum absolute atomic E-state index is 0.140. The lowest BCUT2D eigenvalue weighted by molar-refractivity contribution is -0.137. The molecule has 0 aliphatic carbocycles. The number of halogens is 5. The van der Waals surface area contributed by atoms with Crippen LogP contribution in [0.1, 0.15) is 16.7 Å². The highest BCUT2D eigenvalue weighted by Gasteiger charge is 2.36. The average Bonchev–Trinajstić information content (AvgIpc) is 3.31. The molecule has 11 heteroatoms. The molecule has 0 spiro atoms. The molecule has 0 fully saturated rings. The van der Waals surface area contributed by atoms with Gasteiger partial charge in [-0.15, -0.1) is 11.3 Å². The average molecular weight is 535 g/mol. The molecule has 0 aliphatic rings. The molecule has 2 heterocycles. The number of nitrogens with zero attached hydrogens (tertiary/aromatic N) is 2. The van der Waals surface area contributed by atoms with Crippen LogP contribution in [-0.2, 0) is 23.5 Å². The molecular formula is C25H15F5N2O2S2. The quantitative estimate of drug-likeness (QED) is 0.287. The van der Waals surface area contributed by atoms with E-state index in [1.165, 1.54) is 18.4 Å². The van der Waals surface area contributed by atoms with Crippen molar-refractivity contribution < 1.29 is 26.2 Å². The van der Waals surface area contributed by atoms with Gasteiger partial charge in [0.25, 0.3) is 5.56 Å². The van der Waals surface area contributed by atoms with Gasteiger partial charge in [0.1, 0.15) is 23.3 Å². The normalized spacial score (nSPS) is 12.4. The van der Waals surface area contributed by atoms with Gasteiger partial charge in [-0.2, -0.15) is 18.4 Å². The SMILES string of the molecule is CS(=O)c1cccc(-c2ccc(-c3cc(C(F)(F)F)c(C#N)c(=O)n3Cc3ccc(F)cc3F)s2)c1. The van der Waals surface area contributed by atoms with Crippen molar-refractivity contribution in [2.45, 2.75) is 17.6 Å². The van der Waals surface area contributed by atoms with E-state index in [1.807, 2.05) is 0 Å². The van der Waals surface area contributed by atoms with Crippen molar-refractivity contribution in [3.05, 3.63) is 99.3 Å². The number of pyridine rings is 1. The molecule has 184 valence electrons. The lowest BCUT2D eigenvalue weighted by Crippen LogP contribution is -2.28. The van der Waals surface area contributed by atoms with E-state index in [0.29, 0.717) is 27.5 Å². The Morgan fingerprint density at radius 2 is 1.75 bits per heavy atom. The highest BCUT2D eigenvalue weighted by Crippen LogP contribution is 2.38. The molecule has 0 saturated heterocycles. The Morgan fingerprint density at radius 3 is 2.39 bits per heavy atom. The fraction of sp³-hybridized carbons (Fsp3) is 0.120. The molecule has 4 rings (SSSR count). The second kappa shape index (κ2) is 9.79. The van der Waals surface area contributed by atoms with Gasteiger partial charge in [-0.05, 0) is 42.0 Å². The summed E-state index contributed by atoms with van der Waals surface area (Å²) in [6.45, 7) is -0.523. The van der Waals surface area contributed by atoms with Gasteiger partial charge < -0.3 is 4.57 Å². The first-order chi connectivity index (χ1) is 17.0. The fourth-order valence-corrected chi connectivity index (χ4v) is 5.21. The number of nitriles is 1. The topological polar surface area (TPSA) is 62.9 Å². The zero-order chi connectivity index (χ0) is 26.2. The Hall–Kier alpha value is -3.62. The van der Waals surface area contributed by atoms with Crippen LogP contribution in [0.3, 0.4) is 0 Å². The molecule has 0 saturated carbocycles. The second-order valence-corrected chi connectivity index (χ2v) is 10.2. The molecular weight excluding hydrogens is 519 g/mol. The Labute approximate surface area is 208 Å². The predicted molar refractivity (Wildman–Crippen MR) is 127 cm³/mol. The van der Waals surface area contributed by atoms with E-state index in [2.05, 4.69) is 0 Å². The molecule has 4 aromatic rings. The van der Waals surface area contributed by atoms with Crippen LogP contribution in [0, 0.1) is 23.0 Å². The molecule has 1 atom stereocenters. The third-order valence-corrected chi connectivity index (χ3v) is 7.44. The van der Waals surface area contributed by atoms with Gasteiger partial charge in [0.2, 0.25) is 0 Å². The first-order valence-electron chi connectivity index (χ1n) is 10.2. The molecule has 2 aromatic heterocycles. The van der Waals surface area contributed by atoms with Gasteiger partial charge in [0.05, 0.1) is 22.7 Å². The maximum Gasteiger partial charge on any atom is 0.417 e. The summed E-state index contributed by atoms with van der Waals surface area (Å²) in [5, 5.41) is 9.32. The third kappa shape index (κ3) is 5.01. The Kier molecular flexibility index (Phi) is 6.93. The van der Waals surface area contributed by atoms with Crippen LogP contribution in [0.5, 0.6) is 0 Å². The summed E-state index contributed by atoms with van der Waals surface area (Å²) >= 11 is 1.07. The third-order valence-electron chi connectivity index (χ3n) is 5.37. The van der Waals surface area contributed by atoms with Crippen LogP contribution in [0.15, 0.2) is 70.4 Å². The van der Waals surface area contributed by atoms with E-state index in [-0.39, 0.29) is 16.1 Å². The van der Waals surface area contributed by atoms with Crippen LogP contribution < -0.4 is 5.56 Å². The summed E-state index contributed by atoms with van der Waals surface area (Å²) in [7, 11) is -1.25. The minimum atomic E-state index is -4.99. The lowest BCUT2D eigenvalue weighted by atomic mass is 10.1. The lowest BCUT2D eigenvalue weighted by Gasteiger charge is -2.17. The fourth-order valence-electron chi connectivity index (χ4n) is 3.62. The summed E-state index contributed by atoms with van der Waals surface area (Å²) in [5.74, 6) is -1.84. The monoisotopic (exact) mass is 534 g/mol. The van der Waals surface area contributed by atoms with E-state index in [9.17, 15) is 36.2 Å². The van der Waals surface area contributed by atoms with Crippen LogP contribution in [0.2, 0.25) is 0 Å². The van der Waals surface area contributed by atoms with Crippen molar-refractivity contribution in [1.82, 2.24) is 4.57 Å². The van der Waals surface area contributed by atoms with Crippen molar-refractivity contribution in [2.75, 3.05) is 6.26 Å². The summed E-state index contributed by atoms with van der Waals surface area (Å²) in [6.07, 6.45) is -3.47. The molecule has 2 aromatic carbocycles. The maximum absolute atomic E-state index is 14.4. The molecule has 36 heavy (non-hydrogen) atoms. The number of hydrogen-bond donors (Lipinski definition) is 0. The van der Waals surface area contributed by atoms with Gasteiger partial charge in [-0.1, -0.05) is 18.2 Å². The standard InChI is InChI=1S/C25H15F5N2O2S2/c1-36(34)17-4-2-3-14(9-17)22-7-8-23(35-22)21-11-19(25(28,29)30)18(12-31)24(33)32(21)13-15-5-6-16(26)10-20(15)27/h2-11H,13H2,1H3. The second-order valence-electron chi connectivity index (χ2n) is 7.70. The molecule has 0 bridgehead atoms. The predicted octanol–water partition coefficient (Wildman–Crippen LogP) is 6.20.